The van der Waals surface area contributed by atoms with Gasteiger partial charge in [-0.3, -0.25) is 19.3 Å². The Morgan fingerprint density at radius 3 is 2.83 bits per heavy atom. The predicted molar refractivity (Wildman–Crippen MR) is 154 cm³/mol. The Hall–Kier alpha value is -3.51. The van der Waals surface area contributed by atoms with Crippen LogP contribution in [0.1, 0.15) is 25.0 Å². The molecular formula is C25H32N8O7S2. The van der Waals surface area contributed by atoms with Crippen LogP contribution in [0.5, 0.6) is 0 Å². The zero-order valence-electron chi connectivity index (χ0n) is 22.6. The number of carbonyl (C=O) groups is 4. The molecule has 0 aliphatic carbocycles. The number of carbonyl (C=O) groups excluding carboxylic acids is 3. The lowest BCUT2D eigenvalue weighted by molar-refractivity contribution is -0.150. The van der Waals surface area contributed by atoms with Gasteiger partial charge in [-0.05, 0) is 44.5 Å². The molecule has 5 heterocycles. The van der Waals surface area contributed by atoms with Gasteiger partial charge in [0, 0.05) is 41.9 Å². The minimum atomic E-state index is -1.32. The highest BCUT2D eigenvalue weighted by atomic mass is 32.2. The van der Waals surface area contributed by atoms with Crippen LogP contribution in [0, 0.1) is 0 Å². The molecule has 0 radical (unpaired) electrons. The highest BCUT2D eigenvalue weighted by Gasteiger charge is 2.54. The van der Waals surface area contributed by atoms with Crippen LogP contribution >= 0.6 is 23.1 Å². The van der Waals surface area contributed by atoms with Crippen LogP contribution < -0.4 is 21.7 Å². The van der Waals surface area contributed by atoms with Crippen LogP contribution in [0.2, 0.25) is 0 Å². The summed E-state index contributed by atoms with van der Waals surface area (Å²) in [5, 5.41) is 42.5. The predicted octanol–water partition coefficient (Wildman–Crippen LogP) is -1.50. The molecule has 4 aliphatic heterocycles. The molecule has 0 bridgehead atoms. The number of rotatable bonds is 10. The third-order valence-electron chi connectivity index (χ3n) is 7.81. The van der Waals surface area contributed by atoms with E-state index in [0.29, 0.717) is 50.0 Å². The summed E-state index contributed by atoms with van der Waals surface area (Å²) < 4.78 is 0. The number of hydrogen-bond donors (Lipinski definition) is 7. The number of nitrogens with one attached hydrogen (secondary N) is 3. The van der Waals surface area contributed by atoms with Crippen molar-refractivity contribution in [1.82, 2.24) is 30.7 Å². The molecule has 3 saturated heterocycles. The zero-order valence-corrected chi connectivity index (χ0v) is 24.3. The number of aliphatic hydroxyl groups excluding tert-OH is 1. The van der Waals surface area contributed by atoms with Crippen molar-refractivity contribution < 1.29 is 34.6 Å². The average molecular weight is 621 g/mol. The molecule has 3 unspecified atom stereocenters. The number of likely N-dealkylation sites (tertiary alicyclic amines) is 1. The van der Waals surface area contributed by atoms with E-state index < -0.39 is 41.0 Å². The number of hydrogen-bond acceptors (Lipinski definition) is 13. The number of amides is 3. The number of nitrogen functional groups attached to an aromatic ring is 1. The third kappa shape index (κ3) is 5.61. The molecule has 4 aliphatic rings. The van der Waals surface area contributed by atoms with Gasteiger partial charge in [-0.1, -0.05) is 5.16 Å². The van der Waals surface area contributed by atoms with Crippen LogP contribution in [0.15, 0.2) is 33.5 Å². The minimum absolute atomic E-state index is 0.0432. The van der Waals surface area contributed by atoms with Crippen molar-refractivity contribution in [3.63, 3.8) is 0 Å². The van der Waals surface area contributed by atoms with Crippen molar-refractivity contribution in [2.45, 2.75) is 48.9 Å². The standard InChI is InChI=1S/C25H32N8O7S2/c1-27-4-2-16(34)14-7-13(8-28-14)32-5-3-11(21(32)36)6-12-9-41-23-18(22(37)33(23)19(12)24(38)39)30-20(35)17(31-40)15-10-42-25(26)29-15/h6,10,13-14,16,18,23,27-28,34,40H,2-5,7-9H2,1H3,(H2,26,29)(H,30,35)(H,38,39)/t13?,14?,16?,18-,23-/m1/s1. The second-order valence-electron chi connectivity index (χ2n) is 10.3. The fourth-order valence-corrected chi connectivity index (χ4v) is 7.52. The second kappa shape index (κ2) is 12.4. The highest BCUT2D eigenvalue weighted by Crippen LogP contribution is 2.41. The van der Waals surface area contributed by atoms with E-state index in [1.807, 2.05) is 7.05 Å². The Kier molecular flexibility index (Phi) is 8.84. The van der Waals surface area contributed by atoms with E-state index >= 15 is 0 Å². The van der Waals surface area contributed by atoms with Gasteiger partial charge in [-0.15, -0.1) is 23.1 Å². The number of carboxylic acids is 1. The first-order valence-electron chi connectivity index (χ1n) is 13.4. The molecular weight excluding hydrogens is 588 g/mol. The largest absolute Gasteiger partial charge is 0.477 e. The maximum absolute atomic E-state index is 13.3. The van der Waals surface area contributed by atoms with E-state index in [2.05, 4.69) is 26.1 Å². The van der Waals surface area contributed by atoms with Gasteiger partial charge in [0.1, 0.15) is 22.8 Å². The number of aliphatic carboxylic acids is 1. The molecule has 8 N–H and O–H groups in total. The van der Waals surface area contributed by atoms with E-state index in [4.69, 9.17) is 5.73 Å². The van der Waals surface area contributed by atoms with Crippen LogP contribution in [-0.4, -0.2) is 122 Å². The summed E-state index contributed by atoms with van der Waals surface area (Å²) in [6, 6.07) is -1.24. The number of oxime groups is 1. The van der Waals surface area contributed by atoms with Crippen molar-refractivity contribution >= 4 is 57.6 Å². The molecule has 0 aromatic carbocycles. The van der Waals surface area contributed by atoms with Gasteiger partial charge in [-0.25, -0.2) is 9.78 Å². The molecule has 42 heavy (non-hydrogen) atoms. The van der Waals surface area contributed by atoms with Gasteiger partial charge in [0.15, 0.2) is 10.8 Å². The van der Waals surface area contributed by atoms with Gasteiger partial charge in [0.05, 0.1) is 6.10 Å². The molecule has 1 aromatic rings. The normalized spacial score (nSPS) is 27.9. The number of anilines is 1. The van der Waals surface area contributed by atoms with E-state index in [1.54, 1.807) is 11.0 Å². The number of allylic oxidation sites excluding steroid dienone is 1. The Morgan fingerprint density at radius 2 is 2.17 bits per heavy atom. The molecule has 5 atom stereocenters. The van der Waals surface area contributed by atoms with Gasteiger partial charge in [-0.2, -0.15) is 0 Å². The van der Waals surface area contributed by atoms with Gasteiger partial charge in [0.2, 0.25) is 5.91 Å². The van der Waals surface area contributed by atoms with Crippen LogP contribution in [0.3, 0.4) is 0 Å². The third-order valence-corrected chi connectivity index (χ3v) is 9.79. The zero-order chi connectivity index (χ0) is 30.1. The molecule has 15 nitrogen and oxygen atoms in total. The lowest BCUT2D eigenvalue weighted by Gasteiger charge is -2.49. The minimum Gasteiger partial charge on any atom is -0.477 e. The number of thiazole rings is 1. The summed E-state index contributed by atoms with van der Waals surface area (Å²) in [6.45, 7) is 1.74. The van der Waals surface area contributed by atoms with E-state index in [0.717, 1.165) is 16.2 Å². The molecule has 1 aromatic heterocycles. The van der Waals surface area contributed by atoms with Gasteiger partial charge in [0.25, 0.3) is 11.8 Å². The van der Waals surface area contributed by atoms with Crippen molar-refractivity contribution in [2.24, 2.45) is 5.16 Å². The maximum atomic E-state index is 13.3. The SMILES string of the molecule is CNCCC(O)C1CC(N2CCC(=CC3=C(C(=O)O)N4C(=O)[C@@H](NC(=O)C(=NO)c5csc(N)n5)[C@H]4SC3)C2=O)CN1. The molecule has 0 saturated carbocycles. The molecule has 3 amide bonds. The smallest absolute Gasteiger partial charge is 0.352 e. The number of thioether (sulfide) groups is 1. The molecule has 226 valence electrons. The summed E-state index contributed by atoms with van der Waals surface area (Å²) in [5.74, 6) is -2.79. The first kappa shape index (κ1) is 30.0. The number of nitrogens with two attached hydrogens (primary N) is 1. The summed E-state index contributed by atoms with van der Waals surface area (Å²) in [5.41, 5.74) is 5.78. The Labute approximate surface area is 248 Å². The molecule has 17 heteroatoms. The quantitative estimate of drug-likeness (QED) is 0.0522. The Morgan fingerprint density at radius 1 is 1.38 bits per heavy atom. The number of aliphatic hydroxyl groups is 1. The average Bonchev–Trinajstić information content (AvgIpc) is 3.71. The Balaban J connectivity index is 1.27. The number of carboxylic acid groups (broad SMARTS) is 1. The fourth-order valence-electron chi connectivity index (χ4n) is 5.67. The molecule has 5 rings (SSSR count). The number of fused-ring (bicyclic) bond motifs is 1. The summed E-state index contributed by atoms with van der Waals surface area (Å²) in [7, 11) is 1.82. The first-order chi connectivity index (χ1) is 20.1. The summed E-state index contributed by atoms with van der Waals surface area (Å²) in [6.07, 6.45) is 2.70. The molecule has 0 spiro atoms. The topological polar surface area (TPSA) is 223 Å². The number of aromatic nitrogens is 1. The summed E-state index contributed by atoms with van der Waals surface area (Å²) >= 11 is 2.30. The Bertz CT molecular complexity index is 1380. The second-order valence-corrected chi connectivity index (χ2v) is 12.3. The van der Waals surface area contributed by atoms with Crippen molar-refractivity contribution in [2.75, 3.05) is 38.2 Å². The van der Waals surface area contributed by atoms with Crippen molar-refractivity contribution in [3.8, 4) is 0 Å². The monoisotopic (exact) mass is 620 g/mol. The maximum Gasteiger partial charge on any atom is 0.352 e. The van der Waals surface area contributed by atoms with E-state index in [1.165, 1.54) is 17.1 Å². The number of β-lactam (4-membered cyclic amide) rings is 1. The van der Waals surface area contributed by atoms with Crippen molar-refractivity contribution in [3.05, 3.63) is 34.0 Å². The number of nitrogens with zero attached hydrogens (tertiary/aromatic N) is 4. The highest BCUT2D eigenvalue weighted by molar-refractivity contribution is 8.00. The lowest BCUT2D eigenvalue weighted by Crippen LogP contribution is -2.71. The van der Waals surface area contributed by atoms with Crippen LogP contribution in [0.25, 0.3) is 0 Å². The van der Waals surface area contributed by atoms with Gasteiger partial charge >= 0.3 is 5.97 Å². The molecule has 3 fully saturated rings. The van der Waals surface area contributed by atoms with Crippen LogP contribution in [0.4, 0.5) is 5.13 Å². The van der Waals surface area contributed by atoms with E-state index in [9.17, 15) is 34.6 Å². The lowest BCUT2D eigenvalue weighted by atomic mass is 10.0. The van der Waals surface area contributed by atoms with Crippen molar-refractivity contribution in [1.29, 1.82) is 0 Å². The van der Waals surface area contributed by atoms with E-state index in [-0.39, 0.29) is 40.3 Å². The van der Waals surface area contributed by atoms with Gasteiger partial charge < -0.3 is 42.0 Å². The fraction of sp³-hybridized carbons (Fsp3) is 0.520. The first-order valence-corrected chi connectivity index (χ1v) is 15.3. The summed E-state index contributed by atoms with van der Waals surface area (Å²) in [4.78, 5) is 58.2. The van der Waals surface area contributed by atoms with Crippen LogP contribution in [-0.2, 0) is 19.2 Å².